The molecule has 3 heterocycles. The van der Waals surface area contributed by atoms with E-state index in [0.717, 1.165) is 41.4 Å². The number of amides is 1. The predicted octanol–water partition coefficient (Wildman–Crippen LogP) is 3.39. The summed E-state index contributed by atoms with van der Waals surface area (Å²) in [6, 6.07) is 11.6. The molecule has 1 saturated heterocycles. The molecule has 1 aromatic carbocycles. The Morgan fingerprint density at radius 3 is 2.77 bits per heavy atom. The highest BCUT2D eigenvalue weighted by Gasteiger charge is 2.29. The highest BCUT2D eigenvalue weighted by molar-refractivity contribution is 5.95. The third-order valence-corrected chi connectivity index (χ3v) is 5.19. The van der Waals surface area contributed by atoms with Crippen LogP contribution in [0.2, 0.25) is 0 Å². The number of hydrogen-bond donors (Lipinski definition) is 1. The van der Waals surface area contributed by atoms with E-state index in [0.29, 0.717) is 30.6 Å². The average molecular weight is 350 g/mol. The summed E-state index contributed by atoms with van der Waals surface area (Å²) in [6.07, 6.45) is 2.53. The van der Waals surface area contributed by atoms with Gasteiger partial charge in [-0.05, 0) is 31.4 Å². The van der Waals surface area contributed by atoms with Crippen molar-refractivity contribution in [2.24, 2.45) is 0 Å². The minimum absolute atomic E-state index is 0.00964. The fourth-order valence-corrected chi connectivity index (χ4v) is 3.71. The monoisotopic (exact) mass is 350 g/mol. The molecule has 1 amide bonds. The SMILES string of the molecule is CCc1c(C2CCN(C(=O)c3ccc4ccccc4n3)CC2)noc1N. The second-order valence-corrected chi connectivity index (χ2v) is 6.72. The highest BCUT2D eigenvalue weighted by Crippen LogP contribution is 2.32. The van der Waals surface area contributed by atoms with Crippen LogP contribution in [0.5, 0.6) is 0 Å². The molecule has 2 aromatic heterocycles. The normalized spacial score (nSPS) is 15.5. The Balaban J connectivity index is 1.47. The Labute approximate surface area is 152 Å². The molecule has 1 aliphatic rings. The van der Waals surface area contributed by atoms with E-state index in [-0.39, 0.29) is 5.91 Å². The lowest BCUT2D eigenvalue weighted by molar-refractivity contribution is 0.0706. The number of piperidine rings is 1. The van der Waals surface area contributed by atoms with Gasteiger partial charge in [0.25, 0.3) is 5.91 Å². The fourth-order valence-electron chi connectivity index (χ4n) is 3.71. The first-order valence-corrected chi connectivity index (χ1v) is 9.06. The smallest absolute Gasteiger partial charge is 0.272 e. The van der Waals surface area contributed by atoms with E-state index < -0.39 is 0 Å². The summed E-state index contributed by atoms with van der Waals surface area (Å²) in [5, 5.41) is 5.20. The molecular formula is C20H22N4O2. The largest absolute Gasteiger partial charge is 0.367 e. The average Bonchev–Trinajstić information content (AvgIpc) is 3.07. The van der Waals surface area contributed by atoms with Crippen molar-refractivity contribution in [1.29, 1.82) is 0 Å². The van der Waals surface area contributed by atoms with E-state index in [9.17, 15) is 4.79 Å². The van der Waals surface area contributed by atoms with Gasteiger partial charge in [0.2, 0.25) is 5.88 Å². The molecule has 0 radical (unpaired) electrons. The van der Waals surface area contributed by atoms with E-state index in [1.807, 2.05) is 41.3 Å². The summed E-state index contributed by atoms with van der Waals surface area (Å²) in [4.78, 5) is 19.2. The predicted molar refractivity (Wildman–Crippen MR) is 99.9 cm³/mol. The lowest BCUT2D eigenvalue weighted by atomic mass is 9.90. The van der Waals surface area contributed by atoms with Crippen LogP contribution in [-0.2, 0) is 6.42 Å². The van der Waals surface area contributed by atoms with E-state index in [4.69, 9.17) is 10.3 Å². The number of nitrogens with two attached hydrogens (primary N) is 1. The lowest BCUT2D eigenvalue weighted by Crippen LogP contribution is -2.38. The number of aromatic nitrogens is 2. The summed E-state index contributed by atoms with van der Waals surface area (Å²) in [5.74, 6) is 0.700. The van der Waals surface area contributed by atoms with Crippen LogP contribution in [-0.4, -0.2) is 34.0 Å². The molecule has 6 heteroatoms. The number of para-hydroxylation sites is 1. The third kappa shape index (κ3) is 2.92. The Hall–Kier alpha value is -2.89. The van der Waals surface area contributed by atoms with Crippen molar-refractivity contribution < 1.29 is 9.32 Å². The number of benzene rings is 1. The molecule has 1 aliphatic heterocycles. The second kappa shape index (κ2) is 6.78. The van der Waals surface area contributed by atoms with Gasteiger partial charge in [0.1, 0.15) is 5.69 Å². The second-order valence-electron chi connectivity index (χ2n) is 6.72. The van der Waals surface area contributed by atoms with Gasteiger partial charge in [0, 0.05) is 30.0 Å². The zero-order chi connectivity index (χ0) is 18.1. The molecule has 3 aromatic rings. The molecule has 134 valence electrons. The number of carbonyl (C=O) groups is 1. The Morgan fingerprint density at radius 2 is 2.00 bits per heavy atom. The topological polar surface area (TPSA) is 85.2 Å². The van der Waals surface area contributed by atoms with Crippen molar-refractivity contribution >= 4 is 22.7 Å². The van der Waals surface area contributed by atoms with Crippen LogP contribution < -0.4 is 5.73 Å². The molecule has 0 spiro atoms. The van der Waals surface area contributed by atoms with Crippen molar-refractivity contribution in [1.82, 2.24) is 15.0 Å². The van der Waals surface area contributed by atoms with Crippen LogP contribution >= 0.6 is 0 Å². The van der Waals surface area contributed by atoms with Gasteiger partial charge in [-0.15, -0.1) is 0 Å². The van der Waals surface area contributed by atoms with Crippen LogP contribution in [0.25, 0.3) is 10.9 Å². The van der Waals surface area contributed by atoms with Gasteiger partial charge in [-0.3, -0.25) is 4.79 Å². The maximum absolute atomic E-state index is 12.8. The molecule has 4 rings (SSSR count). The number of pyridine rings is 1. The van der Waals surface area contributed by atoms with E-state index in [1.54, 1.807) is 0 Å². The first-order chi connectivity index (χ1) is 12.7. The van der Waals surface area contributed by atoms with Crippen molar-refractivity contribution in [2.75, 3.05) is 18.8 Å². The number of likely N-dealkylation sites (tertiary alicyclic amines) is 1. The minimum atomic E-state index is -0.00964. The van der Waals surface area contributed by atoms with Crippen molar-refractivity contribution in [3.8, 4) is 0 Å². The summed E-state index contributed by atoms with van der Waals surface area (Å²) in [7, 11) is 0. The Kier molecular flexibility index (Phi) is 4.32. The fraction of sp³-hybridized carbons (Fsp3) is 0.350. The number of fused-ring (bicyclic) bond motifs is 1. The molecule has 0 aliphatic carbocycles. The van der Waals surface area contributed by atoms with Crippen LogP contribution in [0.1, 0.15) is 47.4 Å². The van der Waals surface area contributed by atoms with Gasteiger partial charge in [0.15, 0.2) is 0 Å². The maximum atomic E-state index is 12.8. The summed E-state index contributed by atoms with van der Waals surface area (Å²) < 4.78 is 5.16. The summed E-state index contributed by atoms with van der Waals surface area (Å²) in [5.41, 5.74) is 9.17. The van der Waals surface area contributed by atoms with Crippen LogP contribution in [0.4, 0.5) is 5.88 Å². The van der Waals surface area contributed by atoms with E-state index in [1.165, 1.54) is 0 Å². The molecule has 0 atom stereocenters. The van der Waals surface area contributed by atoms with Crippen molar-refractivity contribution in [3.05, 3.63) is 53.3 Å². The van der Waals surface area contributed by atoms with Gasteiger partial charge in [0.05, 0.1) is 11.2 Å². The number of nitrogens with zero attached hydrogens (tertiary/aromatic N) is 3. The van der Waals surface area contributed by atoms with Crippen molar-refractivity contribution in [2.45, 2.75) is 32.1 Å². The maximum Gasteiger partial charge on any atom is 0.272 e. The van der Waals surface area contributed by atoms with E-state index in [2.05, 4.69) is 17.1 Å². The van der Waals surface area contributed by atoms with Crippen LogP contribution in [0, 0.1) is 0 Å². The third-order valence-electron chi connectivity index (χ3n) is 5.19. The zero-order valence-corrected chi connectivity index (χ0v) is 14.8. The lowest BCUT2D eigenvalue weighted by Gasteiger charge is -2.31. The minimum Gasteiger partial charge on any atom is -0.367 e. The van der Waals surface area contributed by atoms with Gasteiger partial charge in [-0.25, -0.2) is 4.98 Å². The zero-order valence-electron chi connectivity index (χ0n) is 14.8. The highest BCUT2D eigenvalue weighted by atomic mass is 16.5. The summed E-state index contributed by atoms with van der Waals surface area (Å²) >= 11 is 0. The van der Waals surface area contributed by atoms with Gasteiger partial charge in [-0.2, -0.15) is 0 Å². The quantitative estimate of drug-likeness (QED) is 0.782. The van der Waals surface area contributed by atoms with Crippen LogP contribution in [0.15, 0.2) is 40.9 Å². The molecule has 0 saturated carbocycles. The molecule has 0 bridgehead atoms. The van der Waals surface area contributed by atoms with Gasteiger partial charge < -0.3 is 15.2 Å². The Bertz CT molecular complexity index is 942. The van der Waals surface area contributed by atoms with Gasteiger partial charge in [-0.1, -0.05) is 36.3 Å². The first kappa shape index (κ1) is 16.6. The molecular weight excluding hydrogens is 328 g/mol. The number of nitrogen functional groups attached to an aromatic ring is 1. The molecule has 1 fully saturated rings. The van der Waals surface area contributed by atoms with Gasteiger partial charge >= 0.3 is 0 Å². The van der Waals surface area contributed by atoms with Crippen molar-refractivity contribution in [3.63, 3.8) is 0 Å². The molecule has 2 N–H and O–H groups in total. The number of carbonyl (C=O) groups excluding carboxylic acids is 1. The van der Waals surface area contributed by atoms with Crippen LogP contribution in [0.3, 0.4) is 0 Å². The molecule has 6 nitrogen and oxygen atoms in total. The Morgan fingerprint density at radius 1 is 1.23 bits per heavy atom. The summed E-state index contributed by atoms with van der Waals surface area (Å²) in [6.45, 7) is 3.43. The molecule has 0 unspecified atom stereocenters. The standard InChI is InChI=1S/C20H22N4O2/c1-2-15-18(23-26-19(15)21)14-9-11-24(12-10-14)20(25)17-8-7-13-5-3-4-6-16(13)22-17/h3-8,14H,2,9-12,21H2,1H3. The molecule has 26 heavy (non-hydrogen) atoms. The number of anilines is 1. The van der Waals surface area contributed by atoms with E-state index >= 15 is 0 Å². The number of rotatable bonds is 3. The first-order valence-electron chi connectivity index (χ1n) is 9.06. The number of hydrogen-bond acceptors (Lipinski definition) is 5.